The lowest BCUT2D eigenvalue weighted by Gasteiger charge is -2.21. The van der Waals surface area contributed by atoms with E-state index >= 15 is 0 Å². The van der Waals surface area contributed by atoms with Gasteiger partial charge in [-0.2, -0.15) is 0 Å². The highest BCUT2D eigenvalue weighted by Gasteiger charge is 2.51. The molecule has 2 rings (SSSR count). The van der Waals surface area contributed by atoms with Crippen LogP contribution in [0.2, 0.25) is 0 Å². The van der Waals surface area contributed by atoms with Gasteiger partial charge in [0.05, 0.1) is 7.11 Å². The van der Waals surface area contributed by atoms with Gasteiger partial charge in [-0.05, 0) is 30.5 Å². The number of rotatable bonds is 9. The van der Waals surface area contributed by atoms with Gasteiger partial charge in [0.15, 0.2) is 5.54 Å². The highest BCUT2D eigenvalue weighted by Crippen LogP contribution is 2.28. The number of benzene rings is 1. The maximum atomic E-state index is 12.5. The van der Waals surface area contributed by atoms with Crippen molar-refractivity contribution in [1.82, 2.24) is 0 Å². The van der Waals surface area contributed by atoms with Crippen molar-refractivity contribution in [3.63, 3.8) is 0 Å². The summed E-state index contributed by atoms with van der Waals surface area (Å²) in [7, 11) is 1.25. The van der Waals surface area contributed by atoms with E-state index in [9.17, 15) is 9.59 Å². The van der Waals surface area contributed by atoms with E-state index in [0.29, 0.717) is 6.54 Å². The highest BCUT2D eigenvalue weighted by molar-refractivity contribution is 6.15. The minimum Gasteiger partial charge on any atom is -0.467 e. The van der Waals surface area contributed by atoms with Gasteiger partial charge in [0.2, 0.25) is 0 Å². The summed E-state index contributed by atoms with van der Waals surface area (Å²) in [6.45, 7) is 2.66. The summed E-state index contributed by atoms with van der Waals surface area (Å²) >= 11 is 0. The van der Waals surface area contributed by atoms with Crippen molar-refractivity contribution in [2.24, 2.45) is 5.73 Å². The molecule has 0 aliphatic carbocycles. The number of nitrogens with two attached hydrogens (primary N) is 1. The quantitative estimate of drug-likeness (QED) is 0.423. The fourth-order valence-corrected chi connectivity index (χ4v) is 3.31. The Bertz CT molecular complexity index is 585. The second-order valence-corrected chi connectivity index (χ2v) is 6.85. The summed E-state index contributed by atoms with van der Waals surface area (Å²) in [5, 5.41) is 0. The Morgan fingerprint density at radius 2 is 1.80 bits per heavy atom. The number of anilines is 1. The largest absolute Gasteiger partial charge is 0.467 e. The van der Waals surface area contributed by atoms with E-state index in [1.807, 2.05) is 12.1 Å². The summed E-state index contributed by atoms with van der Waals surface area (Å²) in [4.78, 5) is 25.9. The Labute approximate surface area is 150 Å². The third-order valence-electron chi connectivity index (χ3n) is 4.97. The molecule has 1 fully saturated rings. The average molecular weight is 346 g/mol. The first-order valence-electron chi connectivity index (χ1n) is 9.31. The smallest absolute Gasteiger partial charge is 0.335 e. The van der Waals surface area contributed by atoms with Crippen LogP contribution >= 0.6 is 0 Å². The molecule has 5 nitrogen and oxygen atoms in total. The third kappa shape index (κ3) is 4.60. The second kappa shape index (κ2) is 8.99. The zero-order valence-corrected chi connectivity index (χ0v) is 15.4. The molecule has 0 aromatic heterocycles. The molecule has 0 bridgehead atoms. The number of amides is 1. The molecule has 1 aromatic carbocycles. The molecule has 1 aromatic rings. The standard InChI is InChI=1S/C20H30N2O3/c1-3-4-5-6-7-8-9-16-10-12-17(13-11-16)22-15-14-20(21,18(22)23)19(24)25-2/h10-13H,3-9,14-15,21H2,1-2H3. The molecule has 1 aliphatic heterocycles. The van der Waals surface area contributed by atoms with E-state index in [2.05, 4.69) is 23.8 Å². The molecule has 138 valence electrons. The Morgan fingerprint density at radius 3 is 2.44 bits per heavy atom. The van der Waals surface area contributed by atoms with Gasteiger partial charge in [0.1, 0.15) is 0 Å². The van der Waals surface area contributed by atoms with Gasteiger partial charge in [0.25, 0.3) is 5.91 Å². The van der Waals surface area contributed by atoms with Gasteiger partial charge in [0, 0.05) is 18.7 Å². The molecule has 1 aliphatic rings. The SMILES string of the molecule is CCCCCCCCc1ccc(N2CCC(N)(C(=O)OC)C2=O)cc1. The predicted octanol–water partition coefficient (Wildman–Crippen LogP) is 3.20. The van der Waals surface area contributed by atoms with Gasteiger partial charge in [-0.15, -0.1) is 0 Å². The number of carbonyl (C=O) groups is 2. The second-order valence-electron chi connectivity index (χ2n) is 6.85. The first-order valence-corrected chi connectivity index (χ1v) is 9.31. The first kappa shape index (κ1) is 19.4. The summed E-state index contributed by atoms with van der Waals surface area (Å²) in [6.07, 6.45) is 9.03. The number of methoxy groups -OCH3 is 1. The summed E-state index contributed by atoms with van der Waals surface area (Å²) in [6, 6.07) is 7.99. The van der Waals surface area contributed by atoms with Crippen LogP contribution in [0.5, 0.6) is 0 Å². The average Bonchev–Trinajstić information content (AvgIpc) is 2.94. The van der Waals surface area contributed by atoms with Crippen molar-refractivity contribution in [3.8, 4) is 0 Å². The van der Waals surface area contributed by atoms with Crippen LogP contribution in [-0.2, 0) is 20.7 Å². The van der Waals surface area contributed by atoms with E-state index in [1.54, 1.807) is 4.90 Å². The van der Waals surface area contributed by atoms with E-state index in [4.69, 9.17) is 5.73 Å². The molecule has 0 radical (unpaired) electrons. The molecule has 5 heteroatoms. The molecule has 1 heterocycles. The lowest BCUT2D eigenvalue weighted by atomic mass is 10.00. The van der Waals surface area contributed by atoms with Crippen molar-refractivity contribution in [2.45, 2.75) is 63.8 Å². The zero-order chi connectivity index (χ0) is 18.3. The zero-order valence-electron chi connectivity index (χ0n) is 15.4. The van der Waals surface area contributed by atoms with Crippen LogP contribution in [0.3, 0.4) is 0 Å². The molecule has 0 spiro atoms. The number of unbranched alkanes of at least 4 members (excludes halogenated alkanes) is 5. The normalized spacial score (nSPS) is 20.1. The molecular weight excluding hydrogens is 316 g/mol. The molecule has 1 amide bonds. The van der Waals surface area contributed by atoms with Gasteiger partial charge in [-0.3, -0.25) is 4.79 Å². The molecule has 25 heavy (non-hydrogen) atoms. The number of ether oxygens (including phenoxy) is 1. The van der Waals surface area contributed by atoms with Crippen LogP contribution in [-0.4, -0.2) is 31.1 Å². The maximum absolute atomic E-state index is 12.5. The Morgan fingerprint density at radius 1 is 1.16 bits per heavy atom. The third-order valence-corrected chi connectivity index (χ3v) is 4.97. The van der Waals surface area contributed by atoms with E-state index in [-0.39, 0.29) is 12.3 Å². The number of aryl methyl sites for hydroxylation is 1. The van der Waals surface area contributed by atoms with E-state index in [1.165, 1.54) is 51.2 Å². The summed E-state index contributed by atoms with van der Waals surface area (Å²) in [5.41, 5.74) is 6.48. The molecule has 1 atom stereocenters. The Hall–Kier alpha value is -1.88. The summed E-state index contributed by atoms with van der Waals surface area (Å²) in [5.74, 6) is -1.05. The molecule has 1 unspecified atom stereocenters. The summed E-state index contributed by atoms with van der Waals surface area (Å²) < 4.78 is 4.68. The van der Waals surface area contributed by atoms with Crippen LogP contribution < -0.4 is 10.6 Å². The number of nitrogens with zero attached hydrogens (tertiary/aromatic N) is 1. The molecule has 0 saturated carbocycles. The van der Waals surface area contributed by atoms with Crippen molar-refractivity contribution in [1.29, 1.82) is 0 Å². The van der Waals surface area contributed by atoms with Crippen molar-refractivity contribution < 1.29 is 14.3 Å². The minimum absolute atomic E-state index is 0.276. The molecule has 1 saturated heterocycles. The van der Waals surface area contributed by atoms with Crippen LogP contribution in [0.4, 0.5) is 5.69 Å². The lowest BCUT2D eigenvalue weighted by molar-refractivity contribution is -0.150. The van der Waals surface area contributed by atoms with E-state index < -0.39 is 11.5 Å². The fraction of sp³-hybridized carbons (Fsp3) is 0.600. The van der Waals surface area contributed by atoms with Crippen LogP contribution in [0, 0.1) is 0 Å². The van der Waals surface area contributed by atoms with Crippen molar-refractivity contribution in [2.75, 3.05) is 18.6 Å². The monoisotopic (exact) mass is 346 g/mol. The predicted molar refractivity (Wildman–Crippen MR) is 99.4 cm³/mol. The lowest BCUT2D eigenvalue weighted by Crippen LogP contribution is -2.55. The number of carbonyl (C=O) groups excluding carboxylic acids is 2. The van der Waals surface area contributed by atoms with Crippen LogP contribution in [0.15, 0.2) is 24.3 Å². The van der Waals surface area contributed by atoms with E-state index in [0.717, 1.165) is 12.1 Å². The number of hydrogen-bond acceptors (Lipinski definition) is 4. The van der Waals surface area contributed by atoms with Crippen LogP contribution in [0.1, 0.15) is 57.4 Å². The highest BCUT2D eigenvalue weighted by atomic mass is 16.5. The van der Waals surface area contributed by atoms with Crippen LogP contribution in [0.25, 0.3) is 0 Å². The topological polar surface area (TPSA) is 72.6 Å². The molecule has 2 N–H and O–H groups in total. The molecular formula is C20H30N2O3. The maximum Gasteiger partial charge on any atom is 0.335 e. The van der Waals surface area contributed by atoms with Gasteiger partial charge in [-0.1, -0.05) is 51.2 Å². The van der Waals surface area contributed by atoms with Gasteiger partial charge >= 0.3 is 5.97 Å². The van der Waals surface area contributed by atoms with Crippen molar-refractivity contribution >= 4 is 17.6 Å². The first-order chi connectivity index (χ1) is 12.0. The Kier molecular flexibility index (Phi) is 7.00. The number of esters is 1. The minimum atomic E-state index is -1.55. The Balaban J connectivity index is 1.88. The fourth-order valence-electron chi connectivity index (χ4n) is 3.31. The van der Waals surface area contributed by atoms with Gasteiger partial charge < -0.3 is 15.4 Å². The van der Waals surface area contributed by atoms with Gasteiger partial charge in [-0.25, -0.2) is 4.79 Å². The van der Waals surface area contributed by atoms with Crippen molar-refractivity contribution in [3.05, 3.63) is 29.8 Å². The number of hydrogen-bond donors (Lipinski definition) is 1.